The third kappa shape index (κ3) is 2.70. The van der Waals surface area contributed by atoms with Gasteiger partial charge in [0.25, 0.3) is 11.8 Å². The van der Waals surface area contributed by atoms with E-state index in [1.54, 1.807) is 12.1 Å². The predicted molar refractivity (Wildman–Crippen MR) is 70.5 cm³/mol. The van der Waals surface area contributed by atoms with Crippen LogP contribution in [0.1, 0.15) is 46.9 Å². The molecule has 0 saturated heterocycles. The van der Waals surface area contributed by atoms with Crippen molar-refractivity contribution < 1.29 is 19.2 Å². The fraction of sp³-hybridized carbons (Fsp3) is 0.357. The van der Waals surface area contributed by atoms with Crippen LogP contribution in [0, 0.1) is 0 Å². The summed E-state index contributed by atoms with van der Waals surface area (Å²) in [5, 5.41) is 0.506. The van der Waals surface area contributed by atoms with Crippen LogP contribution in [0.15, 0.2) is 24.3 Å². The van der Waals surface area contributed by atoms with Gasteiger partial charge < -0.3 is 10.6 Å². The fourth-order valence-electron chi connectivity index (χ4n) is 2.08. The van der Waals surface area contributed by atoms with Gasteiger partial charge >= 0.3 is 5.97 Å². The van der Waals surface area contributed by atoms with Gasteiger partial charge in [0, 0.05) is 6.04 Å². The molecule has 0 aromatic heterocycles. The summed E-state index contributed by atoms with van der Waals surface area (Å²) in [4.78, 5) is 40.4. The topological polar surface area (TPSA) is 89.7 Å². The standard InChI is InChI=1S/C14H16N2O4/c1-2-5-9(15)8-12(17)20-16-13(18)10-6-3-4-7-11(10)14(16)19/h3-4,6-7,9H,2,5,8,15H2,1H3. The van der Waals surface area contributed by atoms with Crippen molar-refractivity contribution in [3.8, 4) is 0 Å². The highest BCUT2D eigenvalue weighted by molar-refractivity contribution is 6.20. The number of hydrogen-bond acceptors (Lipinski definition) is 5. The van der Waals surface area contributed by atoms with Gasteiger partial charge in [0.15, 0.2) is 0 Å². The molecule has 0 spiro atoms. The molecule has 106 valence electrons. The highest BCUT2D eigenvalue weighted by Crippen LogP contribution is 2.22. The van der Waals surface area contributed by atoms with Crippen LogP contribution < -0.4 is 5.73 Å². The summed E-state index contributed by atoms with van der Waals surface area (Å²) >= 11 is 0. The largest absolute Gasteiger partial charge is 0.334 e. The van der Waals surface area contributed by atoms with Crippen molar-refractivity contribution in [1.29, 1.82) is 0 Å². The van der Waals surface area contributed by atoms with E-state index in [9.17, 15) is 14.4 Å². The van der Waals surface area contributed by atoms with E-state index in [0.717, 1.165) is 6.42 Å². The molecule has 1 heterocycles. The summed E-state index contributed by atoms with van der Waals surface area (Å²) in [6.07, 6.45) is 1.50. The van der Waals surface area contributed by atoms with E-state index >= 15 is 0 Å². The zero-order valence-corrected chi connectivity index (χ0v) is 11.2. The lowest BCUT2D eigenvalue weighted by molar-refractivity contribution is -0.168. The van der Waals surface area contributed by atoms with E-state index in [0.29, 0.717) is 11.5 Å². The second-order valence-electron chi connectivity index (χ2n) is 4.67. The molecule has 2 rings (SSSR count). The van der Waals surface area contributed by atoms with E-state index in [1.807, 2.05) is 6.92 Å². The Morgan fingerprint density at radius 3 is 2.30 bits per heavy atom. The summed E-state index contributed by atoms with van der Waals surface area (Å²) < 4.78 is 0. The predicted octanol–water partition coefficient (Wildman–Crippen LogP) is 1.26. The fourth-order valence-corrected chi connectivity index (χ4v) is 2.08. The quantitative estimate of drug-likeness (QED) is 0.818. The van der Waals surface area contributed by atoms with Crippen molar-refractivity contribution in [3.63, 3.8) is 0 Å². The van der Waals surface area contributed by atoms with Crippen molar-refractivity contribution in [2.45, 2.75) is 32.2 Å². The Balaban J connectivity index is 2.04. The van der Waals surface area contributed by atoms with Crippen molar-refractivity contribution >= 4 is 17.8 Å². The molecule has 2 amide bonds. The summed E-state index contributed by atoms with van der Waals surface area (Å²) in [5.41, 5.74) is 6.20. The van der Waals surface area contributed by atoms with Gasteiger partial charge in [0.2, 0.25) is 0 Å². The lowest BCUT2D eigenvalue weighted by atomic mass is 10.1. The smallest absolute Gasteiger partial charge is 0.330 e. The Kier molecular flexibility index (Phi) is 4.14. The van der Waals surface area contributed by atoms with Crippen LogP contribution in [0.4, 0.5) is 0 Å². The number of rotatable bonds is 5. The Bertz CT molecular complexity index is 521. The lowest BCUT2D eigenvalue weighted by Crippen LogP contribution is -2.35. The summed E-state index contributed by atoms with van der Waals surface area (Å²) in [6.45, 7) is 1.95. The van der Waals surface area contributed by atoms with E-state index in [-0.39, 0.29) is 23.6 Å². The van der Waals surface area contributed by atoms with E-state index < -0.39 is 17.8 Å². The highest BCUT2D eigenvalue weighted by Gasteiger charge is 2.38. The van der Waals surface area contributed by atoms with Crippen molar-refractivity contribution in [3.05, 3.63) is 35.4 Å². The molecule has 6 heteroatoms. The van der Waals surface area contributed by atoms with Gasteiger partial charge in [-0.25, -0.2) is 4.79 Å². The normalized spacial score (nSPS) is 15.2. The maximum atomic E-state index is 12.0. The molecular weight excluding hydrogens is 260 g/mol. The summed E-state index contributed by atoms with van der Waals surface area (Å²) in [6, 6.07) is 6.00. The minimum Gasteiger partial charge on any atom is -0.330 e. The number of hydrogen-bond donors (Lipinski definition) is 1. The van der Waals surface area contributed by atoms with Gasteiger partial charge in [0.05, 0.1) is 17.5 Å². The van der Waals surface area contributed by atoms with Crippen LogP contribution in [-0.2, 0) is 9.63 Å². The molecule has 0 bridgehead atoms. The first-order valence-electron chi connectivity index (χ1n) is 6.48. The van der Waals surface area contributed by atoms with Gasteiger partial charge in [0.1, 0.15) is 0 Å². The second kappa shape index (κ2) is 5.83. The average Bonchev–Trinajstić information content (AvgIpc) is 2.65. The zero-order valence-electron chi connectivity index (χ0n) is 11.2. The van der Waals surface area contributed by atoms with Crippen LogP contribution in [0.3, 0.4) is 0 Å². The van der Waals surface area contributed by atoms with Gasteiger partial charge in [-0.1, -0.05) is 30.5 Å². The van der Waals surface area contributed by atoms with Gasteiger partial charge in [-0.3, -0.25) is 9.59 Å². The molecule has 1 aliphatic heterocycles. The lowest BCUT2D eigenvalue weighted by Gasteiger charge is -2.14. The third-order valence-corrected chi connectivity index (χ3v) is 3.04. The second-order valence-corrected chi connectivity index (χ2v) is 4.67. The molecular formula is C14H16N2O4. The van der Waals surface area contributed by atoms with E-state index in [4.69, 9.17) is 10.6 Å². The van der Waals surface area contributed by atoms with Crippen molar-refractivity contribution in [2.75, 3.05) is 0 Å². The first kappa shape index (κ1) is 14.2. The molecule has 6 nitrogen and oxygen atoms in total. The monoisotopic (exact) mass is 276 g/mol. The molecule has 1 aliphatic rings. The number of hydroxylamine groups is 2. The van der Waals surface area contributed by atoms with E-state index in [2.05, 4.69) is 0 Å². The molecule has 0 fully saturated rings. The molecule has 1 atom stereocenters. The van der Waals surface area contributed by atoms with Crippen LogP contribution in [-0.4, -0.2) is 28.9 Å². The Hall–Kier alpha value is -2.21. The van der Waals surface area contributed by atoms with Crippen LogP contribution in [0.5, 0.6) is 0 Å². The Morgan fingerprint density at radius 2 is 1.80 bits per heavy atom. The number of nitrogens with two attached hydrogens (primary N) is 1. The maximum absolute atomic E-state index is 12.0. The molecule has 1 aromatic carbocycles. The minimum absolute atomic E-state index is 0.0265. The third-order valence-electron chi connectivity index (χ3n) is 3.04. The number of carbonyl (C=O) groups is 3. The van der Waals surface area contributed by atoms with Gasteiger partial charge in [-0.2, -0.15) is 0 Å². The van der Waals surface area contributed by atoms with Crippen molar-refractivity contribution in [2.24, 2.45) is 5.73 Å². The van der Waals surface area contributed by atoms with Crippen molar-refractivity contribution in [1.82, 2.24) is 5.06 Å². The number of fused-ring (bicyclic) bond motifs is 1. The number of imide groups is 1. The minimum atomic E-state index is -0.680. The first-order chi connectivity index (χ1) is 9.54. The van der Waals surface area contributed by atoms with Gasteiger partial charge in [-0.05, 0) is 18.6 Å². The average molecular weight is 276 g/mol. The molecule has 2 N–H and O–H groups in total. The Labute approximate surface area is 116 Å². The Morgan fingerprint density at radius 1 is 1.25 bits per heavy atom. The van der Waals surface area contributed by atoms with Gasteiger partial charge in [-0.15, -0.1) is 0 Å². The first-order valence-corrected chi connectivity index (χ1v) is 6.48. The molecule has 1 aromatic rings. The van der Waals surface area contributed by atoms with E-state index in [1.165, 1.54) is 12.1 Å². The molecule has 20 heavy (non-hydrogen) atoms. The molecule has 1 unspecified atom stereocenters. The van der Waals surface area contributed by atoms with Crippen LogP contribution in [0.25, 0.3) is 0 Å². The highest BCUT2D eigenvalue weighted by atomic mass is 16.7. The number of amides is 2. The maximum Gasteiger partial charge on any atom is 0.334 e. The molecule has 0 aliphatic carbocycles. The number of benzene rings is 1. The molecule has 0 radical (unpaired) electrons. The summed E-state index contributed by atoms with van der Waals surface area (Å²) in [7, 11) is 0. The van der Waals surface area contributed by atoms with Crippen LogP contribution >= 0.6 is 0 Å². The SMILES string of the molecule is CCCC(N)CC(=O)ON1C(=O)c2ccccc2C1=O. The van der Waals surface area contributed by atoms with Crippen LogP contribution in [0.2, 0.25) is 0 Å². The number of nitrogens with zero attached hydrogens (tertiary/aromatic N) is 1. The molecule has 0 saturated carbocycles. The number of carbonyl (C=O) groups excluding carboxylic acids is 3. The zero-order chi connectivity index (χ0) is 14.7. The summed E-state index contributed by atoms with van der Waals surface area (Å²) in [5.74, 6) is -1.92.